The first kappa shape index (κ1) is 27.7. The summed E-state index contributed by atoms with van der Waals surface area (Å²) in [6, 6.07) is 13.8. The van der Waals surface area contributed by atoms with Crippen molar-refractivity contribution in [1.82, 2.24) is 4.57 Å². The van der Waals surface area contributed by atoms with Gasteiger partial charge in [-0.3, -0.25) is 9.36 Å². The number of nitrogens with zero attached hydrogens (tertiary/aromatic N) is 2. The van der Waals surface area contributed by atoms with Crippen LogP contribution in [0.15, 0.2) is 47.3 Å². The van der Waals surface area contributed by atoms with Crippen LogP contribution in [0.1, 0.15) is 31.0 Å². The zero-order valence-electron chi connectivity index (χ0n) is 20.2. The number of carboxylic acids is 1. The SMILES string of the molecule is C[NH+](C)CCCOc1ccc2c(=O)n(C3CC3)c(C#N)c(-c3cccc(F)c3)c2c1.O=C([O-])C(F)(F)F. The Bertz CT molecular complexity index is 1390. The molecule has 0 saturated heterocycles. The van der Waals surface area contributed by atoms with Crippen molar-refractivity contribution in [1.29, 1.82) is 5.26 Å². The van der Waals surface area contributed by atoms with Gasteiger partial charge in [-0.2, -0.15) is 18.4 Å². The maximum Gasteiger partial charge on any atom is 0.430 e. The molecule has 37 heavy (non-hydrogen) atoms. The number of ether oxygens (including phenoxy) is 1. The summed E-state index contributed by atoms with van der Waals surface area (Å²) in [5.74, 6) is -2.75. The topological polar surface area (TPSA) is 99.6 Å². The molecule has 3 aromatic rings. The van der Waals surface area contributed by atoms with Gasteiger partial charge in [0.2, 0.25) is 0 Å². The number of hydrogen-bond acceptors (Lipinski definition) is 5. The lowest BCUT2D eigenvalue weighted by Crippen LogP contribution is -3.05. The molecule has 11 heteroatoms. The highest BCUT2D eigenvalue weighted by molar-refractivity contribution is 5.99. The Morgan fingerprint density at radius 2 is 1.86 bits per heavy atom. The van der Waals surface area contributed by atoms with Gasteiger partial charge in [-0.05, 0) is 48.7 Å². The van der Waals surface area contributed by atoms with Gasteiger partial charge in [0.05, 0.1) is 27.2 Å². The maximum atomic E-state index is 14.0. The van der Waals surface area contributed by atoms with Crippen LogP contribution in [0, 0.1) is 17.1 Å². The van der Waals surface area contributed by atoms with Crippen molar-refractivity contribution in [2.24, 2.45) is 0 Å². The number of nitriles is 1. The Morgan fingerprint density at radius 3 is 2.41 bits per heavy atom. The van der Waals surface area contributed by atoms with Gasteiger partial charge in [-0.15, -0.1) is 0 Å². The highest BCUT2D eigenvalue weighted by atomic mass is 19.4. The number of benzene rings is 2. The molecule has 0 spiro atoms. The number of quaternary nitrogens is 1. The molecule has 0 atom stereocenters. The second kappa shape index (κ2) is 11.4. The van der Waals surface area contributed by atoms with Crippen LogP contribution in [0.2, 0.25) is 0 Å². The molecule has 1 N–H and O–H groups in total. The van der Waals surface area contributed by atoms with E-state index in [1.54, 1.807) is 34.9 Å². The maximum absolute atomic E-state index is 14.0. The number of halogens is 4. The minimum absolute atomic E-state index is 0.0355. The summed E-state index contributed by atoms with van der Waals surface area (Å²) < 4.78 is 53.0. The number of nitrogens with one attached hydrogen (secondary N) is 1. The second-order valence-electron chi connectivity index (χ2n) is 8.90. The fraction of sp³-hybridized carbons (Fsp3) is 0.346. The van der Waals surface area contributed by atoms with E-state index in [0.717, 1.165) is 25.8 Å². The number of aliphatic carboxylic acids is 1. The summed E-state index contributed by atoms with van der Waals surface area (Å²) in [6.07, 6.45) is -2.54. The van der Waals surface area contributed by atoms with Crippen molar-refractivity contribution >= 4 is 16.7 Å². The number of alkyl halides is 3. The normalized spacial score (nSPS) is 13.1. The smallest absolute Gasteiger partial charge is 0.430 e. The molecule has 1 aromatic heterocycles. The Balaban J connectivity index is 0.000000479. The van der Waals surface area contributed by atoms with Crippen molar-refractivity contribution in [3.63, 3.8) is 0 Å². The van der Waals surface area contributed by atoms with Gasteiger partial charge in [0, 0.05) is 28.8 Å². The third-order valence-corrected chi connectivity index (χ3v) is 5.64. The summed E-state index contributed by atoms with van der Waals surface area (Å²) in [6.45, 7) is 1.56. The zero-order valence-corrected chi connectivity index (χ0v) is 20.2. The Labute approximate surface area is 210 Å². The molecular weight excluding hydrogens is 494 g/mol. The molecule has 4 rings (SSSR count). The number of pyridine rings is 1. The summed E-state index contributed by atoms with van der Waals surface area (Å²) in [5.41, 5.74) is 1.28. The lowest BCUT2D eigenvalue weighted by Gasteiger charge is -2.16. The van der Waals surface area contributed by atoms with E-state index in [4.69, 9.17) is 14.6 Å². The molecule has 1 heterocycles. The highest BCUT2D eigenvalue weighted by Gasteiger charge is 2.30. The van der Waals surface area contributed by atoms with Crippen LogP contribution in [-0.4, -0.2) is 44.0 Å². The third-order valence-electron chi connectivity index (χ3n) is 5.64. The highest BCUT2D eigenvalue weighted by Crippen LogP contribution is 2.39. The van der Waals surface area contributed by atoms with Crippen LogP contribution in [0.5, 0.6) is 5.75 Å². The lowest BCUT2D eigenvalue weighted by atomic mass is 9.96. The van der Waals surface area contributed by atoms with Crippen LogP contribution in [0.25, 0.3) is 21.9 Å². The van der Waals surface area contributed by atoms with E-state index in [1.165, 1.54) is 17.0 Å². The summed E-state index contributed by atoms with van der Waals surface area (Å²) >= 11 is 0. The van der Waals surface area contributed by atoms with Crippen LogP contribution < -0.4 is 20.3 Å². The monoisotopic (exact) mass is 519 g/mol. The summed E-state index contributed by atoms with van der Waals surface area (Å²) in [7, 11) is 4.19. The first-order valence-corrected chi connectivity index (χ1v) is 11.5. The molecule has 0 amide bonds. The molecule has 1 aliphatic carbocycles. The molecule has 1 saturated carbocycles. The molecule has 0 radical (unpaired) electrons. The molecule has 7 nitrogen and oxygen atoms in total. The fourth-order valence-electron chi connectivity index (χ4n) is 3.83. The van der Waals surface area contributed by atoms with Crippen LogP contribution in [0.3, 0.4) is 0 Å². The van der Waals surface area contributed by atoms with E-state index in [0.29, 0.717) is 34.3 Å². The van der Waals surface area contributed by atoms with E-state index in [-0.39, 0.29) is 23.1 Å². The number of carbonyl (C=O) groups is 1. The Morgan fingerprint density at radius 1 is 1.19 bits per heavy atom. The number of carboxylic acid groups (broad SMARTS) is 1. The van der Waals surface area contributed by atoms with Crippen LogP contribution >= 0.6 is 0 Å². The number of hydrogen-bond donors (Lipinski definition) is 1. The van der Waals surface area contributed by atoms with Crippen molar-refractivity contribution in [2.75, 3.05) is 27.2 Å². The molecular formula is C26H25F4N3O4. The van der Waals surface area contributed by atoms with E-state index in [1.807, 2.05) is 0 Å². The summed E-state index contributed by atoms with van der Waals surface area (Å²) in [4.78, 5) is 23.3. The fourth-order valence-corrected chi connectivity index (χ4v) is 3.83. The van der Waals surface area contributed by atoms with E-state index in [9.17, 15) is 27.6 Å². The Hall–Kier alpha value is -3.91. The van der Waals surface area contributed by atoms with Gasteiger partial charge in [0.1, 0.15) is 29.3 Å². The molecule has 2 aromatic carbocycles. The first-order chi connectivity index (χ1) is 17.4. The van der Waals surface area contributed by atoms with E-state index >= 15 is 0 Å². The molecule has 1 fully saturated rings. The predicted molar refractivity (Wildman–Crippen MR) is 125 cm³/mol. The van der Waals surface area contributed by atoms with Crippen molar-refractivity contribution in [2.45, 2.75) is 31.5 Å². The van der Waals surface area contributed by atoms with Crippen molar-refractivity contribution in [3.05, 3.63) is 64.3 Å². The second-order valence-corrected chi connectivity index (χ2v) is 8.90. The minimum atomic E-state index is -5.19. The molecule has 1 aliphatic rings. The van der Waals surface area contributed by atoms with Gasteiger partial charge in [0.15, 0.2) is 0 Å². The molecule has 196 valence electrons. The van der Waals surface area contributed by atoms with Crippen LogP contribution in [0.4, 0.5) is 17.6 Å². The molecule has 0 unspecified atom stereocenters. The number of aromatic nitrogens is 1. The molecule has 0 aliphatic heterocycles. The number of fused-ring (bicyclic) bond motifs is 1. The molecule has 0 bridgehead atoms. The van der Waals surface area contributed by atoms with Gasteiger partial charge in [0.25, 0.3) is 5.56 Å². The first-order valence-electron chi connectivity index (χ1n) is 11.5. The van der Waals surface area contributed by atoms with Gasteiger partial charge in [-0.25, -0.2) is 4.39 Å². The Kier molecular flexibility index (Phi) is 8.55. The number of rotatable bonds is 7. The van der Waals surface area contributed by atoms with E-state index in [2.05, 4.69) is 20.2 Å². The quantitative estimate of drug-likeness (QED) is 0.381. The minimum Gasteiger partial charge on any atom is -0.542 e. The predicted octanol–water partition coefficient (Wildman–Crippen LogP) is 2.23. The average Bonchev–Trinajstić information content (AvgIpc) is 3.66. The van der Waals surface area contributed by atoms with Gasteiger partial charge in [-0.1, -0.05) is 12.1 Å². The standard InChI is InChI=1S/C24H24FN3O2.C2HF3O2/c1-27(2)11-4-12-30-19-9-10-20-21(14-19)23(16-5-3-6-17(25)13-16)22(15-26)28(24(20)29)18-7-8-18;3-2(4,5)1(6)7/h3,5-6,9-10,13-14,18H,4,7-8,11-12H2,1-2H3;(H,6,7). The number of carbonyl (C=O) groups excluding carboxylic acids is 1. The largest absolute Gasteiger partial charge is 0.542 e. The van der Waals surface area contributed by atoms with E-state index < -0.39 is 12.1 Å². The van der Waals surface area contributed by atoms with Gasteiger partial charge < -0.3 is 19.5 Å². The van der Waals surface area contributed by atoms with Crippen molar-refractivity contribution in [3.8, 4) is 22.9 Å². The summed E-state index contributed by atoms with van der Waals surface area (Å²) in [5, 5.41) is 19.9. The third kappa shape index (κ3) is 6.86. The van der Waals surface area contributed by atoms with Gasteiger partial charge >= 0.3 is 6.18 Å². The zero-order chi connectivity index (χ0) is 27.3. The van der Waals surface area contributed by atoms with Crippen molar-refractivity contribution < 1.29 is 37.1 Å². The lowest BCUT2D eigenvalue weighted by molar-refractivity contribution is -0.858. The van der Waals surface area contributed by atoms with Crippen LogP contribution in [-0.2, 0) is 4.79 Å². The average molecular weight is 519 g/mol.